The molecule has 1 amide bonds. The monoisotopic (exact) mass is 271 g/mol. The molecule has 1 fully saturated rings. The van der Waals surface area contributed by atoms with Crippen molar-refractivity contribution in [1.29, 1.82) is 0 Å². The molecule has 1 aliphatic rings. The van der Waals surface area contributed by atoms with E-state index < -0.39 is 12.0 Å². The number of carbonyl (C=O) groups excluding carboxylic acids is 1. The topological polar surface area (TPSA) is 75.6 Å². The van der Waals surface area contributed by atoms with Gasteiger partial charge < -0.3 is 15.2 Å². The van der Waals surface area contributed by atoms with Gasteiger partial charge in [-0.05, 0) is 32.1 Å². The molecule has 19 heavy (non-hydrogen) atoms. The number of rotatable bonds is 7. The molecular formula is C14H25NO4. The van der Waals surface area contributed by atoms with Crippen molar-refractivity contribution in [2.75, 3.05) is 0 Å². The molecule has 0 aromatic carbocycles. The van der Waals surface area contributed by atoms with Crippen molar-refractivity contribution in [3.8, 4) is 0 Å². The van der Waals surface area contributed by atoms with Crippen molar-refractivity contribution < 1.29 is 19.4 Å². The highest BCUT2D eigenvalue weighted by Crippen LogP contribution is 2.22. The highest BCUT2D eigenvalue weighted by molar-refractivity contribution is 5.83. The molecule has 2 unspecified atom stereocenters. The third-order valence-electron chi connectivity index (χ3n) is 3.81. The van der Waals surface area contributed by atoms with Crippen LogP contribution in [-0.2, 0) is 14.3 Å². The number of ether oxygens (including phenoxy) is 1. The summed E-state index contributed by atoms with van der Waals surface area (Å²) in [6, 6.07) is -0.791. The number of nitrogens with one attached hydrogen (secondary N) is 1. The highest BCUT2D eigenvalue weighted by Gasteiger charge is 2.26. The van der Waals surface area contributed by atoms with Gasteiger partial charge in [0.25, 0.3) is 0 Å². The Hall–Kier alpha value is -1.10. The lowest BCUT2D eigenvalue weighted by atomic mass is 9.99. The van der Waals surface area contributed by atoms with Gasteiger partial charge in [-0.2, -0.15) is 0 Å². The molecule has 1 aliphatic heterocycles. The average Bonchev–Trinajstić information content (AvgIpc) is 2.78. The molecule has 0 saturated carbocycles. The maximum atomic E-state index is 11.8. The van der Waals surface area contributed by atoms with Gasteiger partial charge in [0, 0.05) is 6.42 Å². The van der Waals surface area contributed by atoms with Crippen LogP contribution in [0.5, 0.6) is 0 Å². The zero-order valence-electron chi connectivity index (χ0n) is 12.0. The molecule has 4 atom stereocenters. The summed E-state index contributed by atoms with van der Waals surface area (Å²) in [6.45, 7) is 5.78. The van der Waals surface area contributed by atoms with Crippen LogP contribution < -0.4 is 5.32 Å². The van der Waals surface area contributed by atoms with Crippen LogP contribution in [0.25, 0.3) is 0 Å². The standard InChI is InChI=1S/C14H25NO4/c1-4-9(2)13(14(17)18)15-12(16)8-7-11-6-5-10(3)19-11/h9-11,13H,4-8H2,1-3H3,(H,15,16)(H,17,18)/t9-,10?,11?,13-/m0/s1. The minimum absolute atomic E-state index is 0.0656. The van der Waals surface area contributed by atoms with Crippen molar-refractivity contribution in [3.63, 3.8) is 0 Å². The Kier molecular flexibility index (Phi) is 6.28. The first-order valence-corrected chi connectivity index (χ1v) is 7.11. The molecule has 0 aliphatic carbocycles. The van der Waals surface area contributed by atoms with E-state index in [-0.39, 0.29) is 24.0 Å². The van der Waals surface area contributed by atoms with Crippen molar-refractivity contribution in [2.45, 2.75) is 71.1 Å². The highest BCUT2D eigenvalue weighted by atomic mass is 16.5. The predicted octanol–water partition coefficient (Wildman–Crippen LogP) is 1.95. The van der Waals surface area contributed by atoms with Gasteiger partial charge in [-0.25, -0.2) is 4.79 Å². The van der Waals surface area contributed by atoms with E-state index in [1.165, 1.54) is 0 Å². The second-order valence-electron chi connectivity index (χ2n) is 5.45. The molecule has 0 aromatic heterocycles. The number of carboxylic acids is 1. The Morgan fingerprint density at radius 2 is 2.11 bits per heavy atom. The van der Waals surface area contributed by atoms with Gasteiger partial charge in [0.1, 0.15) is 6.04 Å². The minimum Gasteiger partial charge on any atom is -0.480 e. The van der Waals surface area contributed by atoms with Crippen LogP contribution in [0.3, 0.4) is 0 Å². The summed E-state index contributed by atoms with van der Waals surface area (Å²) in [5, 5.41) is 11.7. The van der Waals surface area contributed by atoms with Gasteiger partial charge in [0.2, 0.25) is 5.91 Å². The summed E-state index contributed by atoms with van der Waals surface area (Å²) < 4.78 is 5.64. The van der Waals surface area contributed by atoms with Gasteiger partial charge in [0.05, 0.1) is 12.2 Å². The Labute approximate surface area is 114 Å². The van der Waals surface area contributed by atoms with Gasteiger partial charge in [-0.1, -0.05) is 20.3 Å². The van der Waals surface area contributed by atoms with Gasteiger partial charge in [-0.3, -0.25) is 4.79 Å². The Bertz CT molecular complexity index is 319. The fraction of sp³-hybridized carbons (Fsp3) is 0.857. The molecule has 5 nitrogen and oxygen atoms in total. The smallest absolute Gasteiger partial charge is 0.326 e. The van der Waals surface area contributed by atoms with E-state index in [2.05, 4.69) is 5.32 Å². The van der Waals surface area contributed by atoms with Crippen molar-refractivity contribution in [3.05, 3.63) is 0 Å². The van der Waals surface area contributed by atoms with E-state index in [0.29, 0.717) is 12.8 Å². The van der Waals surface area contributed by atoms with E-state index in [1.54, 1.807) is 0 Å². The van der Waals surface area contributed by atoms with Gasteiger partial charge in [-0.15, -0.1) is 0 Å². The number of hydrogen-bond acceptors (Lipinski definition) is 3. The van der Waals surface area contributed by atoms with Gasteiger partial charge >= 0.3 is 5.97 Å². The first-order chi connectivity index (χ1) is 8.93. The summed E-state index contributed by atoms with van der Waals surface area (Å²) in [4.78, 5) is 22.9. The van der Waals surface area contributed by atoms with Crippen LogP contribution in [0.2, 0.25) is 0 Å². The lowest BCUT2D eigenvalue weighted by Crippen LogP contribution is -2.45. The molecule has 1 rings (SSSR count). The molecule has 1 saturated heterocycles. The Morgan fingerprint density at radius 3 is 2.58 bits per heavy atom. The van der Waals surface area contributed by atoms with Crippen molar-refractivity contribution in [2.24, 2.45) is 5.92 Å². The second kappa shape index (κ2) is 7.48. The van der Waals surface area contributed by atoms with Crippen LogP contribution in [-0.4, -0.2) is 35.2 Å². The molecule has 0 spiro atoms. The number of aliphatic carboxylic acids is 1. The molecule has 1 heterocycles. The zero-order valence-corrected chi connectivity index (χ0v) is 12.0. The molecule has 2 N–H and O–H groups in total. The van der Waals surface area contributed by atoms with Crippen molar-refractivity contribution >= 4 is 11.9 Å². The van der Waals surface area contributed by atoms with E-state index in [9.17, 15) is 9.59 Å². The molecule has 0 radical (unpaired) electrons. The van der Waals surface area contributed by atoms with Crippen LogP contribution in [0, 0.1) is 5.92 Å². The lowest BCUT2D eigenvalue weighted by Gasteiger charge is -2.20. The van der Waals surface area contributed by atoms with Crippen LogP contribution in [0.4, 0.5) is 0 Å². The summed E-state index contributed by atoms with van der Waals surface area (Å²) in [7, 11) is 0. The number of hydrogen-bond donors (Lipinski definition) is 2. The quantitative estimate of drug-likeness (QED) is 0.742. The van der Waals surface area contributed by atoms with E-state index in [4.69, 9.17) is 9.84 Å². The summed E-state index contributed by atoms with van der Waals surface area (Å²) in [5.74, 6) is -1.23. The normalized spacial score (nSPS) is 25.8. The maximum Gasteiger partial charge on any atom is 0.326 e. The van der Waals surface area contributed by atoms with E-state index in [0.717, 1.165) is 19.3 Å². The van der Waals surface area contributed by atoms with E-state index in [1.807, 2.05) is 20.8 Å². The second-order valence-corrected chi connectivity index (χ2v) is 5.45. The first-order valence-electron chi connectivity index (χ1n) is 7.11. The molecule has 0 aromatic rings. The van der Waals surface area contributed by atoms with Crippen LogP contribution in [0.1, 0.15) is 52.9 Å². The lowest BCUT2D eigenvalue weighted by molar-refractivity contribution is -0.143. The number of amides is 1. The zero-order chi connectivity index (χ0) is 14.4. The molecule has 5 heteroatoms. The van der Waals surface area contributed by atoms with E-state index >= 15 is 0 Å². The molecule has 110 valence electrons. The third-order valence-corrected chi connectivity index (χ3v) is 3.81. The third kappa shape index (κ3) is 5.19. The average molecular weight is 271 g/mol. The fourth-order valence-electron chi connectivity index (χ4n) is 2.32. The van der Waals surface area contributed by atoms with Crippen molar-refractivity contribution in [1.82, 2.24) is 5.32 Å². The fourth-order valence-corrected chi connectivity index (χ4v) is 2.32. The maximum absolute atomic E-state index is 11.8. The van der Waals surface area contributed by atoms with Crippen LogP contribution in [0.15, 0.2) is 0 Å². The summed E-state index contributed by atoms with van der Waals surface area (Å²) in [6.07, 6.45) is 4.17. The number of carbonyl (C=O) groups is 2. The largest absolute Gasteiger partial charge is 0.480 e. The SMILES string of the molecule is CC[C@H](C)[C@H](NC(=O)CCC1CCC(C)O1)C(=O)O. The molecular weight excluding hydrogens is 246 g/mol. The predicted molar refractivity (Wildman–Crippen MR) is 71.8 cm³/mol. The molecule has 0 bridgehead atoms. The van der Waals surface area contributed by atoms with Gasteiger partial charge in [0.15, 0.2) is 0 Å². The number of carboxylic acid groups (broad SMARTS) is 1. The Balaban J connectivity index is 2.34. The summed E-state index contributed by atoms with van der Waals surface area (Å²) in [5.41, 5.74) is 0. The minimum atomic E-state index is -0.964. The summed E-state index contributed by atoms with van der Waals surface area (Å²) >= 11 is 0. The van der Waals surface area contributed by atoms with Crippen LogP contribution >= 0.6 is 0 Å². The first kappa shape index (κ1) is 16.0. The Morgan fingerprint density at radius 1 is 1.42 bits per heavy atom.